The fourth-order valence-corrected chi connectivity index (χ4v) is 2.67. The molecular formula is C14H22N4S. The highest BCUT2D eigenvalue weighted by molar-refractivity contribution is 7.98. The van der Waals surface area contributed by atoms with Crippen molar-refractivity contribution in [2.45, 2.75) is 26.3 Å². The highest BCUT2D eigenvalue weighted by Crippen LogP contribution is 2.16. The van der Waals surface area contributed by atoms with Gasteiger partial charge in [0.15, 0.2) is 5.65 Å². The third-order valence-corrected chi connectivity index (χ3v) is 3.90. The van der Waals surface area contributed by atoms with Gasteiger partial charge in [-0.1, -0.05) is 0 Å². The monoisotopic (exact) mass is 278 g/mol. The third-order valence-electron chi connectivity index (χ3n) is 3.20. The van der Waals surface area contributed by atoms with E-state index in [9.17, 15) is 0 Å². The van der Waals surface area contributed by atoms with Crippen LogP contribution in [-0.2, 0) is 13.6 Å². The Morgan fingerprint density at radius 3 is 3.00 bits per heavy atom. The second kappa shape index (κ2) is 6.91. The van der Waals surface area contributed by atoms with Crippen LogP contribution in [0.1, 0.15) is 24.1 Å². The van der Waals surface area contributed by atoms with Crippen molar-refractivity contribution in [2.75, 3.05) is 18.6 Å². The van der Waals surface area contributed by atoms with Gasteiger partial charge in [-0.05, 0) is 49.9 Å². The molecule has 2 heterocycles. The lowest BCUT2D eigenvalue weighted by molar-refractivity contribution is 0.643. The Morgan fingerprint density at radius 2 is 2.21 bits per heavy atom. The van der Waals surface area contributed by atoms with Crippen molar-refractivity contribution in [1.29, 1.82) is 0 Å². The minimum absolute atomic E-state index is 0.885. The highest BCUT2D eigenvalue weighted by Gasteiger charge is 2.06. The van der Waals surface area contributed by atoms with Gasteiger partial charge in [0.2, 0.25) is 0 Å². The van der Waals surface area contributed by atoms with E-state index in [0.29, 0.717) is 0 Å². The van der Waals surface area contributed by atoms with Crippen molar-refractivity contribution in [3.63, 3.8) is 0 Å². The molecule has 0 aliphatic heterocycles. The number of rotatable bonds is 7. The van der Waals surface area contributed by atoms with Crippen molar-refractivity contribution in [3.05, 3.63) is 23.5 Å². The van der Waals surface area contributed by atoms with E-state index in [4.69, 9.17) is 0 Å². The van der Waals surface area contributed by atoms with Crippen LogP contribution in [0.15, 0.2) is 12.3 Å². The molecule has 2 rings (SSSR count). The molecule has 1 N–H and O–H groups in total. The topological polar surface area (TPSA) is 42.7 Å². The number of aromatic nitrogens is 3. The molecular weight excluding hydrogens is 256 g/mol. The molecule has 104 valence electrons. The fourth-order valence-electron chi connectivity index (χ4n) is 2.18. The van der Waals surface area contributed by atoms with Crippen molar-refractivity contribution in [3.8, 4) is 0 Å². The maximum absolute atomic E-state index is 4.49. The van der Waals surface area contributed by atoms with Gasteiger partial charge in [-0.25, -0.2) is 4.98 Å². The molecule has 0 radical (unpaired) electrons. The van der Waals surface area contributed by atoms with E-state index in [1.54, 1.807) is 0 Å². The van der Waals surface area contributed by atoms with Gasteiger partial charge in [0.05, 0.1) is 5.69 Å². The molecule has 5 heteroatoms. The van der Waals surface area contributed by atoms with Gasteiger partial charge in [0.1, 0.15) is 0 Å². The molecule has 4 nitrogen and oxygen atoms in total. The molecule has 0 aliphatic carbocycles. The average molecular weight is 278 g/mol. The van der Waals surface area contributed by atoms with Crippen LogP contribution < -0.4 is 5.32 Å². The molecule has 0 unspecified atom stereocenters. The predicted molar refractivity (Wildman–Crippen MR) is 82.6 cm³/mol. The quantitative estimate of drug-likeness (QED) is 0.790. The van der Waals surface area contributed by atoms with E-state index in [1.807, 2.05) is 36.6 Å². The van der Waals surface area contributed by atoms with Crippen LogP contribution in [0.2, 0.25) is 0 Å². The number of unbranched alkanes of at least 4 members (excludes halogenated alkanes) is 1. The van der Waals surface area contributed by atoms with Crippen molar-refractivity contribution in [2.24, 2.45) is 7.05 Å². The number of aryl methyl sites for hydroxylation is 2. The van der Waals surface area contributed by atoms with Crippen molar-refractivity contribution < 1.29 is 0 Å². The molecule has 0 amide bonds. The molecule has 0 fully saturated rings. The lowest BCUT2D eigenvalue weighted by atomic mass is 10.2. The molecule has 0 atom stereocenters. The van der Waals surface area contributed by atoms with Gasteiger partial charge >= 0.3 is 0 Å². The van der Waals surface area contributed by atoms with Crippen LogP contribution in [0.5, 0.6) is 0 Å². The number of hydrogen-bond donors (Lipinski definition) is 1. The minimum Gasteiger partial charge on any atom is -0.313 e. The lowest BCUT2D eigenvalue weighted by Crippen LogP contribution is -2.15. The van der Waals surface area contributed by atoms with Crippen molar-refractivity contribution in [1.82, 2.24) is 20.1 Å². The maximum atomic E-state index is 4.49. The Balaban J connectivity index is 1.89. The highest BCUT2D eigenvalue weighted by atomic mass is 32.2. The van der Waals surface area contributed by atoms with E-state index in [1.165, 1.54) is 24.2 Å². The summed E-state index contributed by atoms with van der Waals surface area (Å²) in [6.07, 6.45) is 6.62. The number of hydrogen-bond acceptors (Lipinski definition) is 4. The van der Waals surface area contributed by atoms with E-state index < -0.39 is 0 Å². The molecule has 0 saturated carbocycles. The van der Waals surface area contributed by atoms with Gasteiger partial charge < -0.3 is 5.32 Å². The summed E-state index contributed by atoms with van der Waals surface area (Å²) < 4.78 is 1.84. The van der Waals surface area contributed by atoms with Gasteiger partial charge in [-0.2, -0.15) is 16.9 Å². The van der Waals surface area contributed by atoms with Crippen LogP contribution in [0.3, 0.4) is 0 Å². The Bertz CT molecular complexity index is 535. The minimum atomic E-state index is 0.885. The van der Waals surface area contributed by atoms with E-state index in [-0.39, 0.29) is 0 Å². The maximum Gasteiger partial charge on any atom is 0.157 e. The molecule has 19 heavy (non-hydrogen) atoms. The van der Waals surface area contributed by atoms with Gasteiger partial charge in [-0.3, -0.25) is 4.68 Å². The first kappa shape index (κ1) is 14.3. The zero-order valence-corrected chi connectivity index (χ0v) is 12.8. The van der Waals surface area contributed by atoms with Crippen LogP contribution in [0.25, 0.3) is 11.0 Å². The SMILES string of the molecule is CSCCCCNCc1cnc2c(c1)c(C)nn2C. The van der Waals surface area contributed by atoms with Crippen LogP contribution in [0, 0.1) is 6.92 Å². The summed E-state index contributed by atoms with van der Waals surface area (Å²) in [5.74, 6) is 1.25. The molecule has 0 bridgehead atoms. The van der Waals surface area contributed by atoms with Crippen LogP contribution >= 0.6 is 11.8 Å². The number of pyridine rings is 1. The number of nitrogens with one attached hydrogen (secondary N) is 1. The lowest BCUT2D eigenvalue weighted by Gasteiger charge is -2.04. The molecule has 2 aromatic rings. The fraction of sp³-hybridized carbons (Fsp3) is 0.571. The predicted octanol–water partition coefficient (Wildman–Crippen LogP) is 2.51. The average Bonchev–Trinajstić information content (AvgIpc) is 2.69. The normalized spacial score (nSPS) is 11.3. The summed E-state index contributed by atoms with van der Waals surface area (Å²) in [6.45, 7) is 3.99. The summed E-state index contributed by atoms with van der Waals surface area (Å²) in [5.41, 5.74) is 3.24. The first-order valence-electron chi connectivity index (χ1n) is 6.70. The smallest absolute Gasteiger partial charge is 0.157 e. The zero-order chi connectivity index (χ0) is 13.7. The van der Waals surface area contributed by atoms with Gasteiger partial charge in [0.25, 0.3) is 0 Å². The van der Waals surface area contributed by atoms with Crippen molar-refractivity contribution >= 4 is 22.8 Å². The van der Waals surface area contributed by atoms with E-state index in [2.05, 4.69) is 27.7 Å². The van der Waals surface area contributed by atoms with E-state index >= 15 is 0 Å². The largest absolute Gasteiger partial charge is 0.313 e. The Morgan fingerprint density at radius 1 is 1.37 bits per heavy atom. The first-order chi connectivity index (χ1) is 9.22. The summed E-state index contributed by atoms with van der Waals surface area (Å²) in [6, 6.07) is 2.19. The molecule has 2 aromatic heterocycles. The second-order valence-corrected chi connectivity index (χ2v) is 5.79. The van der Waals surface area contributed by atoms with E-state index in [0.717, 1.165) is 29.8 Å². The summed E-state index contributed by atoms with van der Waals surface area (Å²) >= 11 is 1.91. The molecule has 0 spiro atoms. The summed E-state index contributed by atoms with van der Waals surface area (Å²) in [4.78, 5) is 4.49. The molecule has 0 saturated heterocycles. The molecule has 0 aromatic carbocycles. The summed E-state index contributed by atoms with van der Waals surface area (Å²) in [5, 5.41) is 9.02. The van der Waals surface area contributed by atoms with Gasteiger partial charge in [0, 0.05) is 25.2 Å². The molecule has 0 aliphatic rings. The second-order valence-electron chi connectivity index (χ2n) is 4.80. The Labute approximate surface area is 119 Å². The van der Waals surface area contributed by atoms with Crippen LogP contribution in [0.4, 0.5) is 0 Å². The van der Waals surface area contributed by atoms with Crippen LogP contribution in [-0.4, -0.2) is 33.3 Å². The first-order valence-corrected chi connectivity index (χ1v) is 8.09. The third kappa shape index (κ3) is 3.70. The number of thioether (sulfide) groups is 1. The Hall–Kier alpha value is -1.07. The summed E-state index contributed by atoms with van der Waals surface area (Å²) in [7, 11) is 1.94. The standard InChI is InChI=1S/C14H22N4S/c1-11-13-8-12(9-15-6-4-5-7-19-3)10-16-14(13)18(2)17-11/h8,10,15H,4-7,9H2,1-3H3. The Kier molecular flexibility index (Phi) is 5.22. The van der Waals surface area contributed by atoms with Gasteiger partial charge in [-0.15, -0.1) is 0 Å². The number of nitrogens with zero attached hydrogens (tertiary/aromatic N) is 3. The zero-order valence-electron chi connectivity index (χ0n) is 11.9. The number of fused-ring (bicyclic) bond motifs is 1.